The SMILES string of the molecule is CCCCC1C/C(C(=O)O)=C(/C(=O)O)C(CCCC)CC(C(=O)O)=C1C(=O)O. The highest BCUT2D eigenvalue weighted by Gasteiger charge is 2.38. The van der Waals surface area contributed by atoms with Gasteiger partial charge in [-0.3, -0.25) is 0 Å². The molecule has 1 aliphatic rings. The molecule has 4 N–H and O–H groups in total. The van der Waals surface area contributed by atoms with E-state index in [1.165, 1.54) is 0 Å². The Morgan fingerprint density at radius 3 is 1.21 bits per heavy atom. The Hall–Kier alpha value is -2.64. The van der Waals surface area contributed by atoms with E-state index in [9.17, 15) is 39.6 Å². The largest absolute Gasteiger partial charge is 0.478 e. The van der Waals surface area contributed by atoms with Crippen molar-refractivity contribution in [1.82, 2.24) is 0 Å². The third-order valence-electron chi connectivity index (χ3n) is 5.16. The van der Waals surface area contributed by atoms with Crippen LogP contribution in [0, 0.1) is 11.8 Å². The Bertz CT molecular complexity index is 641. The summed E-state index contributed by atoms with van der Waals surface area (Å²) in [4.78, 5) is 47.6. The molecule has 0 fully saturated rings. The molecule has 8 heteroatoms. The average Bonchev–Trinajstić information content (AvgIpc) is 2.58. The fourth-order valence-electron chi connectivity index (χ4n) is 3.82. The number of carbonyl (C=O) groups is 4. The van der Waals surface area contributed by atoms with Crippen molar-refractivity contribution >= 4 is 23.9 Å². The molecule has 0 spiro atoms. The van der Waals surface area contributed by atoms with Crippen molar-refractivity contribution in [2.24, 2.45) is 11.8 Å². The van der Waals surface area contributed by atoms with Crippen molar-refractivity contribution in [2.45, 2.75) is 65.2 Å². The Balaban J connectivity index is 3.71. The van der Waals surface area contributed by atoms with E-state index in [0.717, 1.165) is 0 Å². The molecule has 1 aliphatic carbocycles. The molecular formula is C20H28O8. The zero-order chi connectivity index (χ0) is 21.4. The molecule has 2 atom stereocenters. The molecule has 0 aromatic heterocycles. The van der Waals surface area contributed by atoms with Gasteiger partial charge < -0.3 is 20.4 Å². The number of carboxylic acids is 4. The lowest BCUT2D eigenvalue weighted by Gasteiger charge is -2.28. The fourth-order valence-corrected chi connectivity index (χ4v) is 3.82. The molecule has 0 amide bonds. The Labute approximate surface area is 163 Å². The maximum Gasteiger partial charge on any atom is 0.332 e. The van der Waals surface area contributed by atoms with Gasteiger partial charge >= 0.3 is 23.9 Å². The van der Waals surface area contributed by atoms with E-state index in [4.69, 9.17) is 0 Å². The quantitative estimate of drug-likeness (QED) is 0.439. The first kappa shape index (κ1) is 23.4. The highest BCUT2D eigenvalue weighted by atomic mass is 16.4. The molecule has 0 saturated carbocycles. The second-order valence-electron chi connectivity index (χ2n) is 7.09. The van der Waals surface area contributed by atoms with Crippen LogP contribution >= 0.6 is 0 Å². The highest BCUT2D eigenvalue weighted by molar-refractivity contribution is 6.02. The van der Waals surface area contributed by atoms with E-state index >= 15 is 0 Å². The van der Waals surface area contributed by atoms with E-state index in [1.54, 1.807) is 0 Å². The number of hydrogen-bond donors (Lipinski definition) is 4. The predicted molar refractivity (Wildman–Crippen MR) is 99.9 cm³/mol. The van der Waals surface area contributed by atoms with Gasteiger partial charge in [0, 0.05) is 11.1 Å². The van der Waals surface area contributed by atoms with E-state index < -0.39 is 35.7 Å². The van der Waals surface area contributed by atoms with Gasteiger partial charge in [-0.15, -0.1) is 0 Å². The lowest BCUT2D eigenvalue weighted by atomic mass is 9.74. The minimum absolute atomic E-state index is 0.276. The first-order valence-electron chi connectivity index (χ1n) is 9.54. The van der Waals surface area contributed by atoms with Crippen molar-refractivity contribution < 1.29 is 39.6 Å². The molecule has 0 aromatic carbocycles. The third-order valence-corrected chi connectivity index (χ3v) is 5.16. The van der Waals surface area contributed by atoms with Crippen molar-refractivity contribution in [3.63, 3.8) is 0 Å². The molecule has 0 aromatic rings. The van der Waals surface area contributed by atoms with Crippen LogP contribution in [0.25, 0.3) is 0 Å². The average molecular weight is 396 g/mol. The zero-order valence-corrected chi connectivity index (χ0v) is 16.2. The van der Waals surface area contributed by atoms with Gasteiger partial charge in [0.2, 0.25) is 0 Å². The maximum absolute atomic E-state index is 11.9. The van der Waals surface area contributed by atoms with Crippen LogP contribution < -0.4 is 0 Å². The third kappa shape index (κ3) is 5.68. The summed E-state index contributed by atoms with van der Waals surface area (Å²) in [6.45, 7) is 3.76. The van der Waals surface area contributed by atoms with Gasteiger partial charge in [0.1, 0.15) is 0 Å². The van der Waals surface area contributed by atoms with Gasteiger partial charge in [-0.1, -0.05) is 39.5 Å². The minimum Gasteiger partial charge on any atom is -0.478 e. The van der Waals surface area contributed by atoms with Crippen LogP contribution in [0.2, 0.25) is 0 Å². The van der Waals surface area contributed by atoms with Crippen molar-refractivity contribution in [3.05, 3.63) is 22.3 Å². The number of aliphatic carboxylic acids is 4. The molecule has 28 heavy (non-hydrogen) atoms. The molecule has 0 heterocycles. The van der Waals surface area contributed by atoms with Crippen LogP contribution in [-0.4, -0.2) is 44.3 Å². The van der Waals surface area contributed by atoms with Gasteiger partial charge in [0.15, 0.2) is 0 Å². The van der Waals surface area contributed by atoms with E-state index in [2.05, 4.69) is 0 Å². The second-order valence-corrected chi connectivity index (χ2v) is 7.09. The summed E-state index contributed by atoms with van der Waals surface area (Å²) in [6, 6.07) is 0. The van der Waals surface area contributed by atoms with Crippen molar-refractivity contribution in [2.75, 3.05) is 0 Å². The highest BCUT2D eigenvalue weighted by Crippen LogP contribution is 2.39. The van der Waals surface area contributed by atoms with Gasteiger partial charge in [0.05, 0.1) is 11.1 Å². The molecule has 0 aliphatic heterocycles. The summed E-state index contributed by atoms with van der Waals surface area (Å²) >= 11 is 0. The molecule has 2 unspecified atom stereocenters. The molecule has 8 nitrogen and oxygen atoms in total. The normalized spacial score (nSPS) is 23.1. The van der Waals surface area contributed by atoms with Crippen molar-refractivity contribution in [1.29, 1.82) is 0 Å². The summed E-state index contributed by atoms with van der Waals surface area (Å²) < 4.78 is 0. The molecule has 0 radical (unpaired) electrons. The zero-order valence-electron chi connectivity index (χ0n) is 16.2. The van der Waals surface area contributed by atoms with Crippen molar-refractivity contribution in [3.8, 4) is 0 Å². The number of unbranched alkanes of at least 4 members (excludes halogenated alkanes) is 2. The number of carboxylic acid groups (broad SMARTS) is 4. The fraction of sp³-hybridized carbons (Fsp3) is 0.600. The smallest absolute Gasteiger partial charge is 0.332 e. The molecule has 0 bridgehead atoms. The Morgan fingerprint density at radius 2 is 1.00 bits per heavy atom. The molecular weight excluding hydrogens is 368 g/mol. The van der Waals surface area contributed by atoms with E-state index in [0.29, 0.717) is 25.7 Å². The standard InChI is InChI=1S/C20H28O8/c1-3-5-7-11-9-13(17(21)22)16(20(27)28)12(8-6-4-2)10-14(18(23)24)15(11)19(25)26/h11-12H,3-10H2,1-2H3,(H,21,22)(H,23,24)(H,25,26)(H,27,28)/b15-14-,16-13?. The number of rotatable bonds is 10. The summed E-state index contributed by atoms with van der Waals surface area (Å²) in [5, 5.41) is 38.7. The monoisotopic (exact) mass is 396 g/mol. The first-order chi connectivity index (χ1) is 13.1. The summed E-state index contributed by atoms with van der Waals surface area (Å²) in [5.74, 6) is -7.31. The number of hydrogen-bond acceptors (Lipinski definition) is 4. The minimum atomic E-state index is -1.40. The lowest BCUT2D eigenvalue weighted by molar-refractivity contribution is -0.138. The van der Waals surface area contributed by atoms with E-state index in [-0.39, 0.29) is 48.0 Å². The van der Waals surface area contributed by atoms with Crippen LogP contribution in [0.15, 0.2) is 22.3 Å². The van der Waals surface area contributed by atoms with Crippen LogP contribution in [-0.2, 0) is 19.2 Å². The Morgan fingerprint density at radius 1 is 0.679 bits per heavy atom. The summed E-state index contributed by atoms with van der Waals surface area (Å²) in [7, 11) is 0. The van der Waals surface area contributed by atoms with Crippen LogP contribution in [0.1, 0.15) is 65.2 Å². The van der Waals surface area contributed by atoms with Gasteiger partial charge in [-0.25, -0.2) is 19.2 Å². The summed E-state index contributed by atoms with van der Waals surface area (Å²) in [6.07, 6.45) is 2.50. The van der Waals surface area contributed by atoms with Gasteiger partial charge in [-0.2, -0.15) is 0 Å². The molecule has 0 saturated heterocycles. The van der Waals surface area contributed by atoms with Crippen LogP contribution in [0.4, 0.5) is 0 Å². The molecule has 1 rings (SSSR count). The molecule has 156 valence electrons. The lowest BCUT2D eigenvalue weighted by Crippen LogP contribution is -2.28. The van der Waals surface area contributed by atoms with Gasteiger partial charge in [-0.05, 0) is 37.5 Å². The first-order valence-corrected chi connectivity index (χ1v) is 9.54. The predicted octanol–water partition coefficient (Wildman–Crippen LogP) is 3.32. The Kier molecular flexibility index (Phi) is 8.88. The van der Waals surface area contributed by atoms with Gasteiger partial charge in [0.25, 0.3) is 0 Å². The topological polar surface area (TPSA) is 149 Å². The van der Waals surface area contributed by atoms with Crippen LogP contribution in [0.5, 0.6) is 0 Å². The van der Waals surface area contributed by atoms with Crippen LogP contribution in [0.3, 0.4) is 0 Å². The maximum atomic E-state index is 11.9. The summed E-state index contributed by atoms with van der Waals surface area (Å²) in [5.41, 5.74) is -1.24. The second kappa shape index (κ2) is 10.6. The van der Waals surface area contributed by atoms with E-state index in [1.807, 2.05) is 13.8 Å².